The molecule has 1 aromatic carbocycles. The second-order valence-electron chi connectivity index (χ2n) is 7.36. The summed E-state index contributed by atoms with van der Waals surface area (Å²) >= 11 is 0. The molecule has 8 nitrogen and oxygen atoms in total. The normalized spacial score (nSPS) is 14.5. The number of benzene rings is 1. The number of amides is 4. The van der Waals surface area contributed by atoms with Gasteiger partial charge in [0, 0.05) is 36.4 Å². The lowest BCUT2D eigenvalue weighted by atomic mass is 9.95. The highest BCUT2D eigenvalue weighted by atomic mass is 16.3. The Labute approximate surface area is 169 Å². The van der Waals surface area contributed by atoms with Crippen molar-refractivity contribution in [3.63, 3.8) is 0 Å². The maximum Gasteiger partial charge on any atom is 0.319 e. The van der Waals surface area contributed by atoms with E-state index in [0.717, 1.165) is 0 Å². The fraction of sp³-hybridized carbons (Fsp3) is 0.381. The van der Waals surface area contributed by atoms with E-state index in [1.807, 2.05) is 13.8 Å². The minimum atomic E-state index is -0.271. The Hall–Kier alpha value is -3.29. The van der Waals surface area contributed by atoms with E-state index in [2.05, 4.69) is 16.0 Å². The number of carbonyl (C=O) groups excluding carboxylic acids is 3. The van der Waals surface area contributed by atoms with Crippen LogP contribution in [0.15, 0.2) is 47.1 Å². The summed E-state index contributed by atoms with van der Waals surface area (Å²) in [5.41, 5.74) is 1.31. The summed E-state index contributed by atoms with van der Waals surface area (Å²) in [6.45, 7) is 4.81. The summed E-state index contributed by atoms with van der Waals surface area (Å²) in [6, 6.07) is 10.1. The summed E-state index contributed by atoms with van der Waals surface area (Å²) in [5.74, 6) is -0.0271. The van der Waals surface area contributed by atoms with Gasteiger partial charge in [0.25, 0.3) is 5.91 Å². The molecule has 1 saturated heterocycles. The SMILES string of the molecule is CC(C)NC(=O)Nc1ccc(NC(=O)C2CCN(C(=O)c3ccco3)CC2)cc1. The van der Waals surface area contributed by atoms with E-state index < -0.39 is 0 Å². The van der Waals surface area contributed by atoms with Gasteiger partial charge in [0.1, 0.15) is 0 Å². The summed E-state index contributed by atoms with van der Waals surface area (Å²) < 4.78 is 5.15. The van der Waals surface area contributed by atoms with Gasteiger partial charge >= 0.3 is 6.03 Å². The van der Waals surface area contributed by atoms with E-state index >= 15 is 0 Å². The molecule has 3 N–H and O–H groups in total. The molecule has 154 valence electrons. The lowest BCUT2D eigenvalue weighted by Gasteiger charge is -2.30. The van der Waals surface area contributed by atoms with Crippen molar-refractivity contribution in [2.45, 2.75) is 32.7 Å². The highest BCUT2D eigenvalue weighted by molar-refractivity contribution is 5.94. The first kappa shape index (κ1) is 20.4. The van der Waals surface area contributed by atoms with Gasteiger partial charge in [-0.25, -0.2) is 4.79 Å². The van der Waals surface area contributed by atoms with Crippen LogP contribution in [0.4, 0.5) is 16.2 Å². The second-order valence-corrected chi connectivity index (χ2v) is 7.36. The molecule has 0 radical (unpaired) electrons. The van der Waals surface area contributed by atoms with Gasteiger partial charge in [-0.15, -0.1) is 0 Å². The molecule has 0 atom stereocenters. The lowest BCUT2D eigenvalue weighted by Crippen LogP contribution is -2.41. The first-order valence-electron chi connectivity index (χ1n) is 9.73. The number of hydrogen-bond acceptors (Lipinski definition) is 4. The number of urea groups is 1. The average Bonchev–Trinajstić information content (AvgIpc) is 3.23. The number of nitrogens with one attached hydrogen (secondary N) is 3. The first-order chi connectivity index (χ1) is 13.9. The molecular weight excluding hydrogens is 372 g/mol. The van der Waals surface area contributed by atoms with Crippen LogP contribution < -0.4 is 16.0 Å². The van der Waals surface area contributed by atoms with Crippen LogP contribution in [-0.4, -0.2) is 41.9 Å². The van der Waals surface area contributed by atoms with Gasteiger partial charge in [0.15, 0.2) is 5.76 Å². The molecule has 0 aliphatic carbocycles. The predicted molar refractivity (Wildman–Crippen MR) is 110 cm³/mol. The Bertz CT molecular complexity index is 838. The van der Waals surface area contributed by atoms with Gasteiger partial charge in [0.2, 0.25) is 5.91 Å². The zero-order chi connectivity index (χ0) is 20.8. The van der Waals surface area contributed by atoms with Crippen LogP contribution >= 0.6 is 0 Å². The van der Waals surface area contributed by atoms with Gasteiger partial charge in [-0.1, -0.05) is 0 Å². The third-order valence-corrected chi connectivity index (χ3v) is 4.71. The number of carbonyl (C=O) groups is 3. The quantitative estimate of drug-likeness (QED) is 0.719. The fourth-order valence-electron chi connectivity index (χ4n) is 3.21. The smallest absolute Gasteiger partial charge is 0.319 e. The molecule has 3 rings (SSSR count). The summed E-state index contributed by atoms with van der Waals surface area (Å²) in [4.78, 5) is 38.3. The molecule has 0 saturated carbocycles. The van der Waals surface area contributed by atoms with Crippen LogP contribution in [-0.2, 0) is 4.79 Å². The molecule has 1 aliphatic heterocycles. The third-order valence-electron chi connectivity index (χ3n) is 4.71. The van der Waals surface area contributed by atoms with Crippen molar-refractivity contribution in [3.05, 3.63) is 48.4 Å². The van der Waals surface area contributed by atoms with E-state index in [1.54, 1.807) is 41.3 Å². The van der Waals surface area contributed by atoms with Crippen molar-refractivity contribution in [3.8, 4) is 0 Å². The molecule has 29 heavy (non-hydrogen) atoms. The van der Waals surface area contributed by atoms with Gasteiger partial charge in [-0.2, -0.15) is 0 Å². The number of furan rings is 1. The summed E-state index contributed by atoms with van der Waals surface area (Å²) in [7, 11) is 0. The van der Waals surface area contributed by atoms with Gasteiger partial charge < -0.3 is 25.3 Å². The topological polar surface area (TPSA) is 104 Å². The van der Waals surface area contributed by atoms with Crippen molar-refractivity contribution in [2.24, 2.45) is 5.92 Å². The molecule has 2 aromatic rings. The molecule has 2 heterocycles. The molecule has 1 aromatic heterocycles. The molecule has 0 spiro atoms. The zero-order valence-electron chi connectivity index (χ0n) is 16.6. The third kappa shape index (κ3) is 5.60. The first-order valence-corrected chi connectivity index (χ1v) is 9.73. The molecule has 1 aliphatic rings. The largest absolute Gasteiger partial charge is 0.459 e. The molecule has 0 bridgehead atoms. The van der Waals surface area contributed by atoms with Crippen molar-refractivity contribution in [1.82, 2.24) is 10.2 Å². The lowest BCUT2D eigenvalue weighted by molar-refractivity contribution is -0.121. The molecule has 0 unspecified atom stereocenters. The highest BCUT2D eigenvalue weighted by Crippen LogP contribution is 2.22. The van der Waals surface area contributed by atoms with Crippen LogP contribution in [0.2, 0.25) is 0 Å². The summed E-state index contributed by atoms with van der Waals surface area (Å²) in [6.07, 6.45) is 2.69. The van der Waals surface area contributed by atoms with Crippen LogP contribution in [0.1, 0.15) is 37.2 Å². The van der Waals surface area contributed by atoms with Crippen LogP contribution in [0, 0.1) is 5.92 Å². The van der Waals surface area contributed by atoms with E-state index in [1.165, 1.54) is 6.26 Å². The average molecular weight is 398 g/mol. The maximum atomic E-state index is 12.5. The molecule has 1 fully saturated rings. The van der Waals surface area contributed by atoms with Gasteiger partial charge in [-0.05, 0) is 63.1 Å². The van der Waals surface area contributed by atoms with Gasteiger partial charge in [-0.3, -0.25) is 9.59 Å². The van der Waals surface area contributed by atoms with Crippen molar-refractivity contribution < 1.29 is 18.8 Å². The van der Waals surface area contributed by atoms with E-state index in [4.69, 9.17) is 4.42 Å². The Balaban J connectivity index is 1.47. The molecular formula is C21H26N4O4. The fourth-order valence-corrected chi connectivity index (χ4v) is 3.21. The number of piperidine rings is 1. The number of hydrogen-bond donors (Lipinski definition) is 3. The Morgan fingerprint density at radius 3 is 2.17 bits per heavy atom. The summed E-state index contributed by atoms with van der Waals surface area (Å²) in [5, 5.41) is 8.39. The van der Waals surface area contributed by atoms with Crippen LogP contribution in [0.5, 0.6) is 0 Å². The second kappa shape index (κ2) is 9.27. The predicted octanol–water partition coefficient (Wildman–Crippen LogP) is 3.30. The molecule has 4 amide bonds. The number of likely N-dealkylation sites (tertiary alicyclic amines) is 1. The Morgan fingerprint density at radius 2 is 1.62 bits per heavy atom. The van der Waals surface area contributed by atoms with Crippen molar-refractivity contribution >= 4 is 29.2 Å². The number of anilines is 2. The minimum Gasteiger partial charge on any atom is -0.459 e. The van der Waals surface area contributed by atoms with E-state index in [-0.39, 0.29) is 29.8 Å². The number of rotatable bonds is 5. The van der Waals surface area contributed by atoms with E-state index in [0.29, 0.717) is 43.1 Å². The maximum absolute atomic E-state index is 12.5. The minimum absolute atomic E-state index is 0.0503. The standard InChI is InChI=1S/C21H26N4O4/c1-14(2)22-21(28)24-17-7-5-16(6-8-17)23-19(26)15-9-11-25(12-10-15)20(27)18-4-3-13-29-18/h3-8,13-15H,9-12H2,1-2H3,(H,23,26)(H2,22,24,28). The van der Waals surface area contributed by atoms with Crippen molar-refractivity contribution in [1.29, 1.82) is 0 Å². The van der Waals surface area contributed by atoms with Crippen LogP contribution in [0.25, 0.3) is 0 Å². The number of nitrogens with zero attached hydrogens (tertiary/aromatic N) is 1. The van der Waals surface area contributed by atoms with Crippen LogP contribution in [0.3, 0.4) is 0 Å². The van der Waals surface area contributed by atoms with E-state index in [9.17, 15) is 14.4 Å². The Morgan fingerprint density at radius 1 is 1.00 bits per heavy atom. The van der Waals surface area contributed by atoms with Gasteiger partial charge in [0.05, 0.1) is 6.26 Å². The monoisotopic (exact) mass is 398 g/mol. The Kier molecular flexibility index (Phi) is 6.54. The highest BCUT2D eigenvalue weighted by Gasteiger charge is 2.28. The zero-order valence-corrected chi connectivity index (χ0v) is 16.6. The molecule has 8 heteroatoms. The van der Waals surface area contributed by atoms with Crippen molar-refractivity contribution in [2.75, 3.05) is 23.7 Å².